The zero-order valence-electron chi connectivity index (χ0n) is 12.0. The highest BCUT2D eigenvalue weighted by molar-refractivity contribution is 7.92. The number of halogens is 7. The van der Waals surface area contributed by atoms with E-state index in [-0.39, 0.29) is 17.0 Å². The fraction of sp³-hybridized carbons (Fsp3) is 0.364. The van der Waals surface area contributed by atoms with E-state index in [1.165, 1.54) is 0 Å². The first kappa shape index (κ1) is 20.4. The van der Waals surface area contributed by atoms with E-state index in [0.717, 1.165) is 0 Å². The second-order valence-corrected chi connectivity index (χ2v) is 8.40. The molecule has 1 aromatic rings. The van der Waals surface area contributed by atoms with Gasteiger partial charge in [0.05, 0.1) is 32.0 Å². The van der Waals surface area contributed by atoms with E-state index in [9.17, 15) is 48.2 Å². The second-order valence-electron chi connectivity index (χ2n) is 5.02. The monoisotopic (exact) mass is 428 g/mol. The molecule has 1 unspecified atom stereocenters. The largest absolute Gasteiger partial charge is 0.461 e. The summed E-state index contributed by atoms with van der Waals surface area (Å²) in [6.45, 7) is 0. The van der Waals surface area contributed by atoms with Gasteiger partial charge >= 0.3 is 17.4 Å². The Morgan fingerprint density at radius 2 is 1.62 bits per heavy atom. The fourth-order valence-electron chi connectivity index (χ4n) is 1.99. The highest BCUT2D eigenvalue weighted by Gasteiger charge is 2.78. The summed E-state index contributed by atoms with van der Waals surface area (Å²) >= 11 is 0. The maximum Gasteiger partial charge on any atom is 0.461 e. The van der Waals surface area contributed by atoms with Crippen LogP contribution in [0.15, 0.2) is 21.9 Å². The van der Waals surface area contributed by atoms with Gasteiger partial charge < -0.3 is 11.1 Å². The molecule has 1 aliphatic heterocycles. The first-order chi connectivity index (χ1) is 11.5. The smallest absolute Gasteiger partial charge is 0.398 e. The molecule has 1 atom stereocenters. The molecule has 146 valence electrons. The number of nitrogen functional groups attached to an aromatic ring is 1. The SMILES string of the molecule is Nc1cc(S(=O)(=O)C(F)(F)C(F)(F)C(F)(F)F)cc2c1S(=O)CC(=O)N2. The molecule has 1 heterocycles. The van der Waals surface area contributed by atoms with Crippen LogP contribution in [0.2, 0.25) is 0 Å². The predicted octanol–water partition coefficient (Wildman–Crippen LogP) is 1.89. The van der Waals surface area contributed by atoms with Gasteiger partial charge in [-0.05, 0) is 12.1 Å². The van der Waals surface area contributed by atoms with Crippen LogP contribution < -0.4 is 11.1 Å². The molecule has 1 aromatic carbocycles. The summed E-state index contributed by atoms with van der Waals surface area (Å²) in [5, 5.41) is -4.64. The number of hydrogen-bond acceptors (Lipinski definition) is 5. The van der Waals surface area contributed by atoms with Crippen molar-refractivity contribution in [3.63, 3.8) is 0 Å². The minimum Gasteiger partial charge on any atom is -0.398 e. The lowest BCUT2D eigenvalue weighted by Crippen LogP contribution is -2.55. The van der Waals surface area contributed by atoms with Gasteiger partial charge in [0.15, 0.2) is 0 Å². The summed E-state index contributed by atoms with van der Waals surface area (Å²) in [7, 11) is -8.70. The summed E-state index contributed by atoms with van der Waals surface area (Å²) < 4.78 is 125. The van der Waals surface area contributed by atoms with Crippen molar-refractivity contribution in [1.82, 2.24) is 0 Å². The van der Waals surface area contributed by atoms with Crippen molar-refractivity contribution in [1.29, 1.82) is 0 Å². The van der Waals surface area contributed by atoms with Crippen LogP contribution in [0, 0.1) is 0 Å². The van der Waals surface area contributed by atoms with Gasteiger partial charge in [-0.1, -0.05) is 0 Å². The minimum atomic E-state index is -6.91. The molecule has 1 amide bonds. The number of rotatable bonds is 3. The third kappa shape index (κ3) is 2.82. The topological polar surface area (TPSA) is 106 Å². The van der Waals surface area contributed by atoms with Crippen molar-refractivity contribution in [3.05, 3.63) is 12.1 Å². The third-order valence-corrected chi connectivity index (χ3v) is 6.45. The molecule has 15 heteroatoms. The highest BCUT2D eigenvalue weighted by atomic mass is 32.2. The Balaban J connectivity index is 2.68. The zero-order valence-corrected chi connectivity index (χ0v) is 13.7. The molecule has 0 radical (unpaired) electrons. The molecular weight excluding hydrogens is 421 g/mol. The zero-order chi connectivity index (χ0) is 20.3. The van der Waals surface area contributed by atoms with Crippen LogP contribution in [0.4, 0.5) is 42.1 Å². The van der Waals surface area contributed by atoms with E-state index in [1.54, 1.807) is 0 Å². The molecule has 0 aromatic heterocycles. The van der Waals surface area contributed by atoms with E-state index < -0.39 is 65.9 Å². The molecule has 3 N–H and O–H groups in total. The molecule has 0 bridgehead atoms. The Morgan fingerprint density at radius 3 is 2.12 bits per heavy atom. The molecule has 1 aliphatic rings. The number of fused-ring (bicyclic) bond motifs is 1. The van der Waals surface area contributed by atoms with Crippen LogP contribution >= 0.6 is 0 Å². The number of amides is 1. The number of carbonyl (C=O) groups is 1. The highest BCUT2D eigenvalue weighted by Crippen LogP contribution is 2.51. The standard InChI is InChI=1S/C11H7F7N2O4S2/c12-9(13,10(14,15)16)11(17,18)26(23,24)4-1-5(19)8-6(2-4)20-7(21)3-25(8)22/h1-2H,3,19H2,(H,20,21). The van der Waals surface area contributed by atoms with Crippen molar-refractivity contribution < 1.29 is 48.2 Å². The van der Waals surface area contributed by atoms with Crippen molar-refractivity contribution in [2.45, 2.75) is 27.1 Å². The van der Waals surface area contributed by atoms with Crippen molar-refractivity contribution in [3.8, 4) is 0 Å². The summed E-state index contributed by atoms with van der Waals surface area (Å²) in [6, 6.07) is 0.361. The average molecular weight is 428 g/mol. The summed E-state index contributed by atoms with van der Waals surface area (Å²) in [5.41, 5.74) is 3.96. The number of carbonyl (C=O) groups excluding carboxylic acids is 1. The summed E-state index contributed by atoms with van der Waals surface area (Å²) in [4.78, 5) is 9.21. The van der Waals surface area contributed by atoms with Crippen LogP contribution in [0.5, 0.6) is 0 Å². The van der Waals surface area contributed by atoms with Gasteiger partial charge in [-0.25, -0.2) is 8.42 Å². The molecule has 0 saturated heterocycles. The minimum absolute atomic E-state index is 0.171. The van der Waals surface area contributed by atoms with Crippen LogP contribution in [0.1, 0.15) is 0 Å². The van der Waals surface area contributed by atoms with E-state index in [1.807, 2.05) is 5.32 Å². The Kier molecular flexibility index (Phi) is 4.55. The molecule has 2 rings (SSSR count). The second kappa shape index (κ2) is 5.80. The number of nitrogens with one attached hydrogen (secondary N) is 1. The molecular formula is C11H7F7N2O4S2. The van der Waals surface area contributed by atoms with Crippen LogP contribution in [-0.2, 0) is 25.4 Å². The molecule has 0 fully saturated rings. The predicted molar refractivity (Wildman–Crippen MR) is 73.9 cm³/mol. The van der Waals surface area contributed by atoms with Crippen molar-refractivity contribution in [2.24, 2.45) is 0 Å². The molecule has 0 spiro atoms. The lowest BCUT2D eigenvalue weighted by molar-refractivity contribution is -0.332. The first-order valence-corrected chi connectivity index (χ1v) is 9.03. The van der Waals surface area contributed by atoms with Gasteiger partial charge in [0.1, 0.15) is 5.75 Å². The number of sulfone groups is 1. The summed E-state index contributed by atoms with van der Waals surface area (Å²) in [6.07, 6.45) is -6.86. The number of benzene rings is 1. The number of hydrogen-bond donors (Lipinski definition) is 2. The van der Waals surface area contributed by atoms with Gasteiger partial charge in [0.25, 0.3) is 0 Å². The Labute approximate surface area is 142 Å². The quantitative estimate of drug-likeness (QED) is 0.565. The Bertz CT molecular complexity index is 912. The Morgan fingerprint density at radius 1 is 1.08 bits per heavy atom. The number of anilines is 2. The van der Waals surface area contributed by atoms with Crippen LogP contribution in [0.3, 0.4) is 0 Å². The molecule has 26 heavy (non-hydrogen) atoms. The Hall–Kier alpha value is -1.90. The van der Waals surface area contributed by atoms with Gasteiger partial charge in [-0.2, -0.15) is 30.7 Å². The van der Waals surface area contributed by atoms with Crippen molar-refractivity contribution >= 4 is 37.9 Å². The maximum absolute atomic E-state index is 13.6. The number of nitrogens with two attached hydrogens (primary N) is 1. The number of alkyl halides is 7. The van der Waals surface area contributed by atoms with E-state index >= 15 is 0 Å². The van der Waals surface area contributed by atoms with Crippen LogP contribution in [-0.4, -0.2) is 41.6 Å². The maximum atomic E-state index is 13.6. The first-order valence-electron chi connectivity index (χ1n) is 6.22. The van der Waals surface area contributed by atoms with Gasteiger partial charge in [-0.15, -0.1) is 0 Å². The van der Waals surface area contributed by atoms with E-state index in [0.29, 0.717) is 0 Å². The molecule has 6 nitrogen and oxygen atoms in total. The fourth-order valence-corrected chi connectivity index (χ4v) is 4.42. The van der Waals surface area contributed by atoms with E-state index in [2.05, 4.69) is 0 Å². The van der Waals surface area contributed by atoms with E-state index in [4.69, 9.17) is 5.73 Å². The van der Waals surface area contributed by atoms with Crippen molar-refractivity contribution in [2.75, 3.05) is 16.8 Å². The third-order valence-electron chi connectivity index (χ3n) is 3.22. The normalized spacial score (nSPS) is 19.0. The summed E-state index contributed by atoms with van der Waals surface area (Å²) in [5.74, 6) is -8.43. The van der Waals surface area contributed by atoms with Gasteiger partial charge in [-0.3, -0.25) is 9.00 Å². The molecule has 0 saturated carbocycles. The lowest BCUT2D eigenvalue weighted by Gasteiger charge is -2.28. The van der Waals surface area contributed by atoms with Gasteiger partial charge in [0, 0.05) is 0 Å². The lowest BCUT2D eigenvalue weighted by atomic mass is 10.2. The average Bonchev–Trinajstić information content (AvgIpc) is 2.44. The molecule has 0 aliphatic carbocycles. The van der Waals surface area contributed by atoms with Gasteiger partial charge in [0.2, 0.25) is 15.7 Å². The van der Waals surface area contributed by atoms with Crippen LogP contribution in [0.25, 0.3) is 0 Å².